The van der Waals surface area contributed by atoms with Crippen LogP contribution in [0.5, 0.6) is 0 Å². The smallest absolute Gasteiger partial charge is 0.000714 e. The molecule has 0 radical (unpaired) electrons. The van der Waals surface area contributed by atoms with Gasteiger partial charge in [0.25, 0.3) is 0 Å². The third kappa shape index (κ3) is 3.24. The Morgan fingerprint density at radius 2 is 2.18 bits per heavy atom. The number of hydrogen-bond donors (Lipinski definition) is 0. The molecule has 1 rings (SSSR count). The topological polar surface area (TPSA) is 3.24 Å². The van der Waals surface area contributed by atoms with E-state index in [0.717, 1.165) is 11.8 Å². The number of nitrogens with zero attached hydrogens (tertiary/aromatic N) is 1. The van der Waals surface area contributed by atoms with Gasteiger partial charge in [0.1, 0.15) is 0 Å². The maximum absolute atomic E-state index is 2.61. The second-order valence-electron chi connectivity index (χ2n) is 4.40. The lowest BCUT2D eigenvalue weighted by molar-refractivity contribution is 0.167. The van der Waals surface area contributed by atoms with Crippen molar-refractivity contribution in [1.29, 1.82) is 0 Å². The standard InChI is InChI=1S/C10H21N/c1-9(2)7-11-6-4-5-10(3)8-11/h9-10H,4-8H2,1-3H3. The molecule has 0 aromatic rings. The molecule has 1 saturated heterocycles. The van der Waals surface area contributed by atoms with Crippen LogP contribution in [0.15, 0.2) is 0 Å². The molecule has 0 spiro atoms. The molecule has 0 aromatic carbocycles. The van der Waals surface area contributed by atoms with Gasteiger partial charge >= 0.3 is 0 Å². The first-order chi connectivity index (χ1) is 5.18. The van der Waals surface area contributed by atoms with Crippen molar-refractivity contribution in [2.24, 2.45) is 11.8 Å². The summed E-state index contributed by atoms with van der Waals surface area (Å²) in [7, 11) is 0. The van der Waals surface area contributed by atoms with Crippen molar-refractivity contribution < 1.29 is 0 Å². The Kier molecular flexibility index (Phi) is 3.38. The summed E-state index contributed by atoms with van der Waals surface area (Å²) in [5.74, 6) is 1.77. The quantitative estimate of drug-likeness (QED) is 0.592. The molecule has 1 aliphatic rings. The summed E-state index contributed by atoms with van der Waals surface area (Å²) >= 11 is 0. The van der Waals surface area contributed by atoms with E-state index in [1.165, 1.54) is 32.5 Å². The minimum atomic E-state index is 0.834. The largest absolute Gasteiger partial charge is 0.303 e. The fraction of sp³-hybridized carbons (Fsp3) is 1.00. The molecule has 1 aliphatic heterocycles. The lowest BCUT2D eigenvalue weighted by Crippen LogP contribution is -2.36. The Morgan fingerprint density at radius 3 is 2.73 bits per heavy atom. The zero-order chi connectivity index (χ0) is 8.27. The van der Waals surface area contributed by atoms with Gasteiger partial charge in [0.2, 0.25) is 0 Å². The molecule has 0 aromatic heterocycles. The van der Waals surface area contributed by atoms with Gasteiger partial charge in [-0.15, -0.1) is 0 Å². The molecule has 1 heterocycles. The highest BCUT2D eigenvalue weighted by Crippen LogP contribution is 2.16. The second-order valence-corrected chi connectivity index (χ2v) is 4.40. The predicted molar refractivity (Wildman–Crippen MR) is 49.7 cm³/mol. The van der Waals surface area contributed by atoms with Crippen LogP contribution in [-0.4, -0.2) is 24.5 Å². The van der Waals surface area contributed by atoms with Crippen LogP contribution in [0.3, 0.4) is 0 Å². The van der Waals surface area contributed by atoms with Gasteiger partial charge in [-0.2, -0.15) is 0 Å². The summed E-state index contributed by atoms with van der Waals surface area (Å²) in [6.45, 7) is 10.9. The fourth-order valence-electron chi connectivity index (χ4n) is 1.97. The third-order valence-electron chi connectivity index (χ3n) is 2.36. The third-order valence-corrected chi connectivity index (χ3v) is 2.36. The van der Waals surface area contributed by atoms with Crippen molar-refractivity contribution in [3.63, 3.8) is 0 Å². The summed E-state index contributed by atoms with van der Waals surface area (Å²) in [6, 6.07) is 0. The van der Waals surface area contributed by atoms with Crippen LogP contribution in [0, 0.1) is 11.8 Å². The molecule has 0 bridgehead atoms. The lowest BCUT2D eigenvalue weighted by Gasteiger charge is -2.31. The van der Waals surface area contributed by atoms with Crippen LogP contribution < -0.4 is 0 Å². The van der Waals surface area contributed by atoms with Crippen molar-refractivity contribution >= 4 is 0 Å². The van der Waals surface area contributed by atoms with E-state index in [2.05, 4.69) is 25.7 Å². The highest BCUT2D eigenvalue weighted by molar-refractivity contribution is 4.70. The average Bonchev–Trinajstić information content (AvgIpc) is 1.85. The maximum atomic E-state index is 2.61. The molecular formula is C10H21N. The van der Waals surface area contributed by atoms with Crippen LogP contribution in [0.2, 0.25) is 0 Å². The second kappa shape index (κ2) is 4.10. The van der Waals surface area contributed by atoms with Gasteiger partial charge in [-0.05, 0) is 31.2 Å². The number of rotatable bonds is 2. The van der Waals surface area contributed by atoms with E-state index in [-0.39, 0.29) is 0 Å². The van der Waals surface area contributed by atoms with Crippen LogP contribution in [0.4, 0.5) is 0 Å². The Labute approximate surface area is 70.8 Å². The van der Waals surface area contributed by atoms with Gasteiger partial charge in [0.05, 0.1) is 0 Å². The molecule has 0 amide bonds. The molecule has 1 atom stereocenters. The van der Waals surface area contributed by atoms with E-state index in [0.29, 0.717) is 0 Å². The van der Waals surface area contributed by atoms with Crippen LogP contribution >= 0.6 is 0 Å². The number of piperidine rings is 1. The predicted octanol–water partition coefficient (Wildman–Crippen LogP) is 2.37. The first kappa shape index (κ1) is 9.05. The summed E-state index contributed by atoms with van der Waals surface area (Å²) < 4.78 is 0. The molecule has 0 aliphatic carbocycles. The number of likely N-dealkylation sites (tertiary alicyclic amines) is 1. The summed E-state index contributed by atoms with van der Waals surface area (Å²) in [6.07, 6.45) is 2.85. The van der Waals surface area contributed by atoms with Gasteiger partial charge in [0, 0.05) is 13.1 Å². The Hall–Kier alpha value is -0.0400. The van der Waals surface area contributed by atoms with E-state index < -0.39 is 0 Å². The summed E-state index contributed by atoms with van der Waals surface area (Å²) in [5, 5.41) is 0. The van der Waals surface area contributed by atoms with Crippen LogP contribution in [-0.2, 0) is 0 Å². The Morgan fingerprint density at radius 1 is 1.45 bits per heavy atom. The molecule has 0 N–H and O–H groups in total. The zero-order valence-corrected chi connectivity index (χ0v) is 8.14. The van der Waals surface area contributed by atoms with Crippen molar-refractivity contribution in [2.45, 2.75) is 33.6 Å². The molecule has 1 heteroatoms. The minimum absolute atomic E-state index is 0.834. The van der Waals surface area contributed by atoms with Crippen LogP contribution in [0.25, 0.3) is 0 Å². The van der Waals surface area contributed by atoms with Gasteiger partial charge < -0.3 is 4.90 Å². The SMILES string of the molecule is CC(C)CN1CCCC(C)C1. The average molecular weight is 155 g/mol. The Bertz CT molecular complexity index is 107. The fourth-order valence-corrected chi connectivity index (χ4v) is 1.97. The van der Waals surface area contributed by atoms with Gasteiger partial charge in [-0.25, -0.2) is 0 Å². The van der Waals surface area contributed by atoms with E-state index in [9.17, 15) is 0 Å². The first-order valence-corrected chi connectivity index (χ1v) is 4.91. The molecule has 66 valence electrons. The maximum Gasteiger partial charge on any atom is 0.000714 e. The summed E-state index contributed by atoms with van der Waals surface area (Å²) in [5.41, 5.74) is 0. The normalized spacial score (nSPS) is 27.8. The first-order valence-electron chi connectivity index (χ1n) is 4.91. The van der Waals surface area contributed by atoms with Crippen molar-refractivity contribution in [2.75, 3.05) is 19.6 Å². The molecule has 1 unspecified atom stereocenters. The van der Waals surface area contributed by atoms with Gasteiger partial charge in [-0.3, -0.25) is 0 Å². The van der Waals surface area contributed by atoms with E-state index in [4.69, 9.17) is 0 Å². The molecule has 1 nitrogen and oxygen atoms in total. The van der Waals surface area contributed by atoms with Gasteiger partial charge in [0.15, 0.2) is 0 Å². The van der Waals surface area contributed by atoms with Gasteiger partial charge in [-0.1, -0.05) is 20.8 Å². The van der Waals surface area contributed by atoms with E-state index in [1.807, 2.05) is 0 Å². The highest BCUT2D eigenvalue weighted by atomic mass is 15.1. The van der Waals surface area contributed by atoms with Crippen LogP contribution in [0.1, 0.15) is 33.6 Å². The van der Waals surface area contributed by atoms with Crippen molar-refractivity contribution in [1.82, 2.24) is 4.90 Å². The van der Waals surface area contributed by atoms with Crippen molar-refractivity contribution in [3.05, 3.63) is 0 Å². The molecule has 0 saturated carbocycles. The van der Waals surface area contributed by atoms with E-state index in [1.54, 1.807) is 0 Å². The minimum Gasteiger partial charge on any atom is -0.303 e. The molecule has 1 fully saturated rings. The molecule has 11 heavy (non-hydrogen) atoms. The zero-order valence-electron chi connectivity index (χ0n) is 8.14. The number of hydrogen-bond acceptors (Lipinski definition) is 1. The lowest BCUT2D eigenvalue weighted by atomic mass is 9.99. The highest BCUT2D eigenvalue weighted by Gasteiger charge is 2.16. The van der Waals surface area contributed by atoms with Crippen molar-refractivity contribution in [3.8, 4) is 0 Å². The molecular weight excluding hydrogens is 134 g/mol. The monoisotopic (exact) mass is 155 g/mol. The Balaban J connectivity index is 2.23. The van der Waals surface area contributed by atoms with E-state index >= 15 is 0 Å². The summed E-state index contributed by atoms with van der Waals surface area (Å²) in [4.78, 5) is 2.61.